The fraction of sp³-hybridized carbons (Fsp3) is 0.750. The third-order valence-electron chi connectivity index (χ3n) is 4.15. The van der Waals surface area contributed by atoms with Crippen LogP contribution in [0.15, 0.2) is 12.4 Å². The predicted molar refractivity (Wildman–Crippen MR) is 82.0 cm³/mol. The second kappa shape index (κ2) is 8.17. The molecule has 118 valence electrons. The first-order valence-electron chi connectivity index (χ1n) is 7.98. The Balaban J connectivity index is 1.82. The molecule has 1 saturated heterocycles. The maximum absolute atomic E-state index is 12.5. The van der Waals surface area contributed by atoms with Crippen LogP contribution in [0.2, 0.25) is 0 Å². The topological polar surface area (TPSA) is 47.4 Å². The number of hydrogen-bond donors (Lipinski definition) is 0. The van der Waals surface area contributed by atoms with E-state index in [0.29, 0.717) is 19.0 Å². The van der Waals surface area contributed by atoms with Crippen molar-refractivity contribution >= 4 is 5.91 Å². The number of aromatic nitrogens is 2. The molecule has 1 amide bonds. The first kappa shape index (κ1) is 16.0. The van der Waals surface area contributed by atoms with E-state index in [0.717, 1.165) is 44.4 Å². The van der Waals surface area contributed by atoms with Gasteiger partial charge in [0, 0.05) is 45.5 Å². The second-order valence-electron chi connectivity index (χ2n) is 5.90. The van der Waals surface area contributed by atoms with Crippen molar-refractivity contribution in [3.63, 3.8) is 0 Å². The summed E-state index contributed by atoms with van der Waals surface area (Å²) in [5.41, 5.74) is 1.14. The summed E-state index contributed by atoms with van der Waals surface area (Å²) in [6.07, 6.45) is 9.95. The minimum Gasteiger partial charge on any atom is -0.385 e. The monoisotopic (exact) mass is 293 g/mol. The van der Waals surface area contributed by atoms with Crippen LogP contribution in [-0.2, 0) is 16.1 Å². The molecule has 21 heavy (non-hydrogen) atoms. The molecule has 0 aromatic carbocycles. The van der Waals surface area contributed by atoms with Crippen LogP contribution in [0.25, 0.3) is 0 Å². The molecule has 0 radical (unpaired) electrons. The van der Waals surface area contributed by atoms with Crippen molar-refractivity contribution in [1.29, 1.82) is 0 Å². The van der Waals surface area contributed by atoms with Gasteiger partial charge in [0.2, 0.25) is 5.91 Å². The van der Waals surface area contributed by atoms with Gasteiger partial charge < -0.3 is 9.64 Å². The number of amides is 1. The smallest absolute Gasteiger partial charge is 0.224 e. The normalized spacial score (nSPS) is 19.0. The maximum atomic E-state index is 12.5. The fourth-order valence-corrected chi connectivity index (χ4v) is 3.04. The number of hydrogen-bond acceptors (Lipinski definition) is 3. The third kappa shape index (κ3) is 4.84. The van der Waals surface area contributed by atoms with E-state index in [4.69, 9.17) is 4.74 Å². The van der Waals surface area contributed by atoms with Crippen molar-refractivity contribution in [3.05, 3.63) is 18.0 Å². The first-order valence-corrected chi connectivity index (χ1v) is 7.98. The Morgan fingerprint density at radius 2 is 2.33 bits per heavy atom. The lowest BCUT2D eigenvalue weighted by Crippen LogP contribution is -2.44. The average molecular weight is 293 g/mol. The van der Waals surface area contributed by atoms with Crippen LogP contribution in [0.1, 0.15) is 44.1 Å². The van der Waals surface area contributed by atoms with Crippen molar-refractivity contribution in [2.75, 3.05) is 20.3 Å². The number of likely N-dealkylation sites (tertiary alicyclic amines) is 1. The Kier molecular flexibility index (Phi) is 6.23. The van der Waals surface area contributed by atoms with Crippen molar-refractivity contribution in [1.82, 2.24) is 14.7 Å². The van der Waals surface area contributed by atoms with Gasteiger partial charge in [0.15, 0.2) is 0 Å². The molecule has 1 aliphatic rings. The number of ether oxygens (including phenoxy) is 1. The molecule has 1 aromatic rings. The van der Waals surface area contributed by atoms with Crippen LogP contribution in [-0.4, -0.2) is 46.9 Å². The number of aryl methyl sites for hydroxylation is 2. The van der Waals surface area contributed by atoms with Gasteiger partial charge in [-0.15, -0.1) is 0 Å². The van der Waals surface area contributed by atoms with Crippen molar-refractivity contribution in [3.8, 4) is 0 Å². The predicted octanol–water partition coefficient (Wildman–Crippen LogP) is 2.39. The number of piperidine rings is 1. The lowest BCUT2D eigenvalue weighted by Gasteiger charge is -2.36. The Bertz CT molecular complexity index is 444. The highest BCUT2D eigenvalue weighted by molar-refractivity contribution is 5.76. The minimum atomic E-state index is 0.269. The Morgan fingerprint density at radius 3 is 3.05 bits per heavy atom. The fourth-order valence-electron chi connectivity index (χ4n) is 3.04. The van der Waals surface area contributed by atoms with Crippen molar-refractivity contribution in [2.45, 2.75) is 58.0 Å². The maximum Gasteiger partial charge on any atom is 0.224 e. The molecule has 0 spiro atoms. The summed E-state index contributed by atoms with van der Waals surface area (Å²) in [6.45, 7) is 4.38. The number of nitrogens with zero attached hydrogens (tertiary/aromatic N) is 3. The second-order valence-corrected chi connectivity index (χ2v) is 5.90. The number of methoxy groups -OCH3 is 1. The zero-order valence-corrected chi connectivity index (χ0v) is 13.3. The molecule has 2 rings (SSSR count). The van der Waals surface area contributed by atoms with Gasteiger partial charge in [-0.25, -0.2) is 0 Å². The quantitative estimate of drug-likeness (QED) is 0.725. The molecule has 0 N–H and O–H groups in total. The molecule has 0 aliphatic carbocycles. The molecule has 5 nitrogen and oxygen atoms in total. The van der Waals surface area contributed by atoms with Crippen molar-refractivity contribution < 1.29 is 9.53 Å². The molecule has 1 aromatic heterocycles. The summed E-state index contributed by atoms with van der Waals surface area (Å²) in [4.78, 5) is 14.6. The molecular formula is C16H27N3O2. The highest BCUT2D eigenvalue weighted by atomic mass is 16.5. The van der Waals surface area contributed by atoms with Gasteiger partial charge in [0.05, 0.1) is 6.20 Å². The largest absolute Gasteiger partial charge is 0.385 e. The van der Waals surface area contributed by atoms with E-state index in [9.17, 15) is 4.79 Å². The molecule has 2 heterocycles. The molecular weight excluding hydrogens is 266 g/mol. The van der Waals surface area contributed by atoms with Gasteiger partial charge in [-0.3, -0.25) is 9.48 Å². The summed E-state index contributed by atoms with van der Waals surface area (Å²) in [7, 11) is 1.73. The highest BCUT2D eigenvalue weighted by Gasteiger charge is 2.25. The first-order chi connectivity index (χ1) is 10.2. The summed E-state index contributed by atoms with van der Waals surface area (Å²) in [5.74, 6) is 0.269. The third-order valence-corrected chi connectivity index (χ3v) is 4.15. The van der Waals surface area contributed by atoms with Gasteiger partial charge in [0.25, 0.3) is 0 Å². The zero-order chi connectivity index (χ0) is 15.1. The van der Waals surface area contributed by atoms with Crippen molar-refractivity contribution in [2.24, 2.45) is 0 Å². The highest BCUT2D eigenvalue weighted by Crippen LogP contribution is 2.21. The summed E-state index contributed by atoms with van der Waals surface area (Å²) < 4.78 is 6.98. The Morgan fingerprint density at radius 1 is 1.48 bits per heavy atom. The average Bonchev–Trinajstić information content (AvgIpc) is 2.91. The van der Waals surface area contributed by atoms with Crippen LogP contribution in [0.3, 0.4) is 0 Å². The Labute approximate surface area is 127 Å². The van der Waals surface area contributed by atoms with E-state index >= 15 is 0 Å². The van der Waals surface area contributed by atoms with E-state index in [1.807, 2.05) is 24.0 Å². The van der Waals surface area contributed by atoms with Crippen LogP contribution < -0.4 is 0 Å². The summed E-state index contributed by atoms with van der Waals surface area (Å²) in [5, 5.41) is 4.24. The molecule has 0 saturated carbocycles. The van der Waals surface area contributed by atoms with Crippen LogP contribution >= 0.6 is 0 Å². The van der Waals surface area contributed by atoms with Crippen LogP contribution in [0.4, 0.5) is 0 Å². The van der Waals surface area contributed by atoms with E-state index in [-0.39, 0.29) is 5.91 Å². The van der Waals surface area contributed by atoms with Gasteiger partial charge in [0.1, 0.15) is 0 Å². The zero-order valence-electron chi connectivity index (χ0n) is 13.3. The number of carbonyl (C=O) groups is 1. The van der Waals surface area contributed by atoms with Crippen LogP contribution in [0.5, 0.6) is 0 Å². The van der Waals surface area contributed by atoms with Gasteiger partial charge >= 0.3 is 0 Å². The van der Waals surface area contributed by atoms with E-state index in [1.165, 1.54) is 6.42 Å². The standard InChI is InChI=1S/C16H27N3O2/c1-14-12-17-18(13-14)10-8-16(20)19-9-4-3-6-15(19)7-5-11-21-2/h12-13,15H,3-11H2,1-2H3. The summed E-state index contributed by atoms with van der Waals surface area (Å²) >= 11 is 0. The molecule has 1 atom stereocenters. The van der Waals surface area contributed by atoms with E-state index < -0.39 is 0 Å². The van der Waals surface area contributed by atoms with Gasteiger partial charge in [-0.2, -0.15) is 5.10 Å². The molecule has 0 bridgehead atoms. The molecule has 5 heteroatoms. The van der Waals surface area contributed by atoms with Gasteiger partial charge in [-0.1, -0.05) is 0 Å². The minimum absolute atomic E-state index is 0.269. The molecule has 1 fully saturated rings. The van der Waals surface area contributed by atoms with Gasteiger partial charge in [-0.05, 0) is 44.6 Å². The van der Waals surface area contributed by atoms with Crippen LogP contribution in [0, 0.1) is 6.92 Å². The molecule has 1 aliphatic heterocycles. The Hall–Kier alpha value is -1.36. The van der Waals surface area contributed by atoms with E-state index in [1.54, 1.807) is 7.11 Å². The number of carbonyl (C=O) groups excluding carboxylic acids is 1. The molecule has 1 unspecified atom stereocenters. The lowest BCUT2D eigenvalue weighted by atomic mass is 9.97. The lowest BCUT2D eigenvalue weighted by molar-refractivity contribution is -0.135. The SMILES string of the molecule is COCCCC1CCCCN1C(=O)CCn1cc(C)cn1. The van der Waals surface area contributed by atoms with E-state index in [2.05, 4.69) is 10.00 Å². The summed E-state index contributed by atoms with van der Waals surface area (Å²) in [6, 6.07) is 0.403. The number of rotatable bonds is 7.